The van der Waals surface area contributed by atoms with Crippen LogP contribution in [-0.4, -0.2) is 37.7 Å². The summed E-state index contributed by atoms with van der Waals surface area (Å²) in [5.41, 5.74) is 0. The molecule has 0 saturated heterocycles. The Bertz CT molecular complexity index is 630. The zero-order chi connectivity index (χ0) is 14.9. The monoisotopic (exact) mass is 317 g/mol. The van der Waals surface area contributed by atoms with Crippen LogP contribution in [0, 0.1) is 5.92 Å². The topological polar surface area (TPSA) is 101 Å². The lowest BCUT2D eigenvalue weighted by molar-refractivity contribution is -0.139. The molecule has 1 atom stereocenters. The zero-order valence-electron chi connectivity index (χ0n) is 10.8. The van der Waals surface area contributed by atoms with E-state index in [-0.39, 0.29) is 9.09 Å². The first-order valence-electron chi connectivity index (χ1n) is 6.11. The molecular weight excluding hydrogens is 302 g/mol. The Morgan fingerprint density at radius 1 is 1.45 bits per heavy atom. The van der Waals surface area contributed by atoms with E-state index in [1.165, 1.54) is 12.1 Å². The number of carbonyl (C=O) groups is 2. The Labute approximate surface area is 120 Å². The molecule has 110 valence electrons. The van der Waals surface area contributed by atoms with E-state index in [9.17, 15) is 18.0 Å². The minimum atomic E-state index is -3.35. The van der Waals surface area contributed by atoms with Gasteiger partial charge < -0.3 is 10.4 Å². The number of amides is 1. The van der Waals surface area contributed by atoms with E-state index < -0.39 is 27.8 Å². The molecule has 0 bridgehead atoms. The normalized spacial score (nSPS) is 16.6. The van der Waals surface area contributed by atoms with E-state index in [2.05, 4.69) is 5.32 Å². The Balaban J connectivity index is 2.06. The molecule has 8 heteroatoms. The second-order valence-electron chi connectivity index (χ2n) is 4.93. The summed E-state index contributed by atoms with van der Waals surface area (Å²) in [6.07, 6.45) is 3.48. The maximum atomic E-state index is 11.9. The van der Waals surface area contributed by atoms with Crippen LogP contribution in [0.3, 0.4) is 0 Å². The van der Waals surface area contributed by atoms with Crippen LogP contribution in [0.15, 0.2) is 16.3 Å². The molecule has 1 saturated carbocycles. The van der Waals surface area contributed by atoms with Crippen molar-refractivity contribution in [2.24, 2.45) is 5.92 Å². The van der Waals surface area contributed by atoms with Gasteiger partial charge in [0.25, 0.3) is 5.91 Å². The smallest absolute Gasteiger partial charge is 0.326 e. The molecule has 1 aromatic heterocycles. The summed E-state index contributed by atoms with van der Waals surface area (Å²) in [4.78, 5) is 23.2. The van der Waals surface area contributed by atoms with Gasteiger partial charge in [-0.15, -0.1) is 11.3 Å². The first-order chi connectivity index (χ1) is 9.27. The molecule has 1 unspecified atom stereocenters. The van der Waals surface area contributed by atoms with E-state index in [4.69, 9.17) is 5.11 Å². The van der Waals surface area contributed by atoms with E-state index in [0.717, 1.165) is 30.4 Å². The van der Waals surface area contributed by atoms with Gasteiger partial charge >= 0.3 is 5.97 Å². The molecule has 1 aromatic rings. The molecular formula is C12H15NO5S2. The van der Waals surface area contributed by atoms with Crippen molar-refractivity contribution in [2.45, 2.75) is 29.5 Å². The third-order valence-electron chi connectivity index (χ3n) is 3.04. The lowest BCUT2D eigenvalue weighted by atomic mass is 10.1. The van der Waals surface area contributed by atoms with E-state index >= 15 is 0 Å². The highest BCUT2D eigenvalue weighted by atomic mass is 32.2. The number of nitrogens with one attached hydrogen (secondary N) is 1. The second kappa shape index (κ2) is 5.53. The summed E-state index contributed by atoms with van der Waals surface area (Å²) < 4.78 is 22.8. The van der Waals surface area contributed by atoms with Gasteiger partial charge in [0.2, 0.25) is 0 Å². The first-order valence-corrected chi connectivity index (χ1v) is 8.81. The van der Waals surface area contributed by atoms with Crippen LogP contribution < -0.4 is 5.32 Å². The van der Waals surface area contributed by atoms with Crippen molar-refractivity contribution in [2.75, 3.05) is 6.26 Å². The van der Waals surface area contributed by atoms with Crippen LogP contribution in [0.1, 0.15) is 28.9 Å². The van der Waals surface area contributed by atoms with E-state index in [1.807, 2.05) is 0 Å². The highest BCUT2D eigenvalue weighted by Crippen LogP contribution is 2.33. The molecule has 2 rings (SSSR count). The minimum absolute atomic E-state index is 0.0942. The predicted molar refractivity (Wildman–Crippen MR) is 73.7 cm³/mol. The summed E-state index contributed by atoms with van der Waals surface area (Å²) in [5.74, 6) is -1.24. The summed E-state index contributed by atoms with van der Waals surface area (Å²) in [6, 6.07) is 1.83. The molecule has 1 aliphatic rings. The average Bonchev–Trinajstić information content (AvgIpc) is 2.99. The summed E-state index contributed by atoms with van der Waals surface area (Å²) in [7, 11) is -3.35. The largest absolute Gasteiger partial charge is 0.480 e. The number of hydrogen-bond acceptors (Lipinski definition) is 5. The Morgan fingerprint density at radius 3 is 2.55 bits per heavy atom. The summed E-state index contributed by atoms with van der Waals surface area (Å²) >= 11 is 0.843. The van der Waals surface area contributed by atoms with Crippen molar-refractivity contribution in [1.29, 1.82) is 0 Å². The SMILES string of the molecule is CS(=O)(=O)c1ccc(C(=O)NC(CC2CC2)C(=O)O)s1. The lowest BCUT2D eigenvalue weighted by Crippen LogP contribution is -2.40. The van der Waals surface area contributed by atoms with Crippen molar-refractivity contribution in [3.8, 4) is 0 Å². The zero-order valence-corrected chi connectivity index (χ0v) is 12.5. The third-order valence-corrected chi connectivity index (χ3v) is 5.94. The number of carboxylic acids is 1. The standard InChI is InChI=1S/C12H15NO5S2/c1-20(17,18)10-5-4-9(19-10)11(14)13-8(12(15)16)6-7-2-3-7/h4-5,7-8H,2-3,6H2,1H3,(H,13,14)(H,15,16). The van der Waals surface area contributed by atoms with Gasteiger partial charge in [0, 0.05) is 6.26 Å². The lowest BCUT2D eigenvalue weighted by Gasteiger charge is -2.13. The highest BCUT2D eigenvalue weighted by Gasteiger charge is 2.30. The molecule has 0 spiro atoms. The van der Waals surface area contributed by atoms with Crippen LogP contribution in [0.5, 0.6) is 0 Å². The van der Waals surface area contributed by atoms with Crippen molar-refractivity contribution < 1.29 is 23.1 Å². The number of thiophene rings is 1. The minimum Gasteiger partial charge on any atom is -0.480 e. The molecule has 20 heavy (non-hydrogen) atoms. The number of aliphatic carboxylic acids is 1. The Morgan fingerprint density at radius 2 is 2.10 bits per heavy atom. The van der Waals surface area contributed by atoms with Crippen LogP contribution in [0.2, 0.25) is 0 Å². The maximum Gasteiger partial charge on any atom is 0.326 e. The molecule has 0 radical (unpaired) electrons. The fourth-order valence-corrected chi connectivity index (χ4v) is 3.61. The van der Waals surface area contributed by atoms with Gasteiger partial charge in [0.05, 0.1) is 4.88 Å². The van der Waals surface area contributed by atoms with Gasteiger partial charge in [-0.2, -0.15) is 0 Å². The van der Waals surface area contributed by atoms with Crippen molar-refractivity contribution in [1.82, 2.24) is 5.32 Å². The summed E-state index contributed by atoms with van der Waals surface area (Å²) in [6.45, 7) is 0. The quantitative estimate of drug-likeness (QED) is 0.819. The molecule has 0 aromatic carbocycles. The Kier molecular flexibility index (Phi) is 4.14. The van der Waals surface area contributed by atoms with Crippen LogP contribution in [0.4, 0.5) is 0 Å². The fraction of sp³-hybridized carbons (Fsp3) is 0.500. The number of hydrogen-bond donors (Lipinski definition) is 2. The van der Waals surface area contributed by atoms with E-state index in [1.54, 1.807) is 0 Å². The average molecular weight is 317 g/mol. The number of sulfone groups is 1. The molecule has 6 nitrogen and oxygen atoms in total. The third kappa shape index (κ3) is 3.80. The van der Waals surface area contributed by atoms with Crippen LogP contribution in [-0.2, 0) is 14.6 Å². The maximum absolute atomic E-state index is 11.9. The fourth-order valence-electron chi connectivity index (χ4n) is 1.78. The Hall–Kier alpha value is -1.41. The molecule has 2 N–H and O–H groups in total. The number of carbonyl (C=O) groups excluding carboxylic acids is 1. The molecule has 1 fully saturated rings. The van der Waals surface area contributed by atoms with Gasteiger partial charge in [-0.3, -0.25) is 4.79 Å². The molecule has 1 amide bonds. The van der Waals surface area contributed by atoms with Crippen LogP contribution in [0.25, 0.3) is 0 Å². The van der Waals surface area contributed by atoms with Gasteiger partial charge in [-0.05, 0) is 24.5 Å². The van der Waals surface area contributed by atoms with Crippen molar-refractivity contribution in [3.63, 3.8) is 0 Å². The summed E-state index contributed by atoms with van der Waals surface area (Å²) in [5, 5.41) is 11.5. The van der Waals surface area contributed by atoms with Gasteiger partial charge in [-0.1, -0.05) is 12.8 Å². The van der Waals surface area contributed by atoms with Gasteiger partial charge in [-0.25, -0.2) is 13.2 Å². The van der Waals surface area contributed by atoms with Gasteiger partial charge in [0.15, 0.2) is 9.84 Å². The van der Waals surface area contributed by atoms with Crippen LogP contribution >= 0.6 is 11.3 Å². The highest BCUT2D eigenvalue weighted by molar-refractivity contribution is 7.92. The number of rotatable bonds is 6. The van der Waals surface area contributed by atoms with Crippen molar-refractivity contribution in [3.05, 3.63) is 17.0 Å². The molecule has 0 aliphatic heterocycles. The number of carboxylic acid groups (broad SMARTS) is 1. The predicted octanol–water partition coefficient (Wildman–Crippen LogP) is 1.13. The van der Waals surface area contributed by atoms with Gasteiger partial charge in [0.1, 0.15) is 10.3 Å². The second-order valence-corrected chi connectivity index (χ2v) is 8.26. The van der Waals surface area contributed by atoms with Crippen molar-refractivity contribution >= 4 is 33.1 Å². The first kappa shape index (κ1) is 15.0. The molecule has 1 aliphatic carbocycles. The molecule has 1 heterocycles. The van der Waals surface area contributed by atoms with E-state index in [0.29, 0.717) is 12.3 Å².